The summed E-state index contributed by atoms with van der Waals surface area (Å²) in [6, 6.07) is 12.8. The summed E-state index contributed by atoms with van der Waals surface area (Å²) < 4.78 is 48.7. The van der Waals surface area contributed by atoms with Gasteiger partial charge in [-0.3, -0.25) is 0 Å². The maximum Gasteiger partial charge on any atom is 0.433 e. The first kappa shape index (κ1) is 21.2. The van der Waals surface area contributed by atoms with Gasteiger partial charge in [0.1, 0.15) is 33.9 Å². The van der Waals surface area contributed by atoms with E-state index in [1.54, 1.807) is 6.92 Å². The van der Waals surface area contributed by atoms with Crippen LogP contribution in [0.15, 0.2) is 53.3 Å². The Morgan fingerprint density at radius 2 is 1.85 bits per heavy atom. The second-order valence-electron chi connectivity index (χ2n) is 7.76. The van der Waals surface area contributed by atoms with Crippen LogP contribution in [-0.4, -0.2) is 24.6 Å². The van der Waals surface area contributed by atoms with Gasteiger partial charge in [0.25, 0.3) is 0 Å². The van der Waals surface area contributed by atoms with Gasteiger partial charge in [-0.05, 0) is 53.6 Å². The van der Waals surface area contributed by atoms with Gasteiger partial charge in [0.05, 0.1) is 5.52 Å². The Bertz CT molecular complexity index is 1740. The fourth-order valence-electron chi connectivity index (χ4n) is 3.89. The van der Waals surface area contributed by atoms with Crippen molar-refractivity contribution in [3.8, 4) is 5.75 Å². The number of benzene rings is 2. The second kappa shape index (κ2) is 7.60. The van der Waals surface area contributed by atoms with E-state index in [-0.39, 0.29) is 11.4 Å². The van der Waals surface area contributed by atoms with Crippen molar-refractivity contribution in [1.82, 2.24) is 24.6 Å². The number of fused-ring (bicyclic) bond motifs is 6. The molecular formula is C23H13BrF3N5OS. The number of ether oxygens (including phenoxy) is 1. The maximum absolute atomic E-state index is 13.2. The van der Waals surface area contributed by atoms with Crippen molar-refractivity contribution in [2.45, 2.75) is 19.7 Å². The van der Waals surface area contributed by atoms with Crippen LogP contribution in [0.5, 0.6) is 5.75 Å². The van der Waals surface area contributed by atoms with Gasteiger partial charge in [-0.2, -0.15) is 13.2 Å². The highest BCUT2D eigenvalue weighted by Gasteiger charge is 2.33. The predicted octanol–water partition coefficient (Wildman–Crippen LogP) is 6.71. The van der Waals surface area contributed by atoms with Gasteiger partial charge >= 0.3 is 6.18 Å². The third-order valence-electron chi connectivity index (χ3n) is 5.44. The molecule has 0 fully saturated rings. The summed E-state index contributed by atoms with van der Waals surface area (Å²) in [7, 11) is 0. The summed E-state index contributed by atoms with van der Waals surface area (Å²) in [5, 5.41) is 7.14. The highest BCUT2D eigenvalue weighted by Crippen LogP contribution is 2.38. The fourth-order valence-corrected chi connectivity index (χ4v) is 5.45. The second-order valence-corrected chi connectivity index (χ2v) is 9.68. The Balaban J connectivity index is 1.37. The minimum Gasteiger partial charge on any atom is -0.486 e. The quantitative estimate of drug-likeness (QED) is 0.248. The van der Waals surface area contributed by atoms with Crippen molar-refractivity contribution in [1.29, 1.82) is 0 Å². The summed E-state index contributed by atoms with van der Waals surface area (Å²) in [6.07, 6.45) is -3.01. The molecule has 0 saturated heterocycles. The third-order valence-corrected chi connectivity index (χ3v) is 7.00. The van der Waals surface area contributed by atoms with Gasteiger partial charge in [0, 0.05) is 9.86 Å². The molecule has 6 rings (SSSR count). The van der Waals surface area contributed by atoms with E-state index in [1.165, 1.54) is 10.8 Å². The lowest BCUT2D eigenvalue weighted by Crippen LogP contribution is -2.07. The van der Waals surface area contributed by atoms with Crippen LogP contribution in [0.1, 0.15) is 17.1 Å². The molecule has 6 nitrogen and oxygen atoms in total. The van der Waals surface area contributed by atoms with Crippen molar-refractivity contribution >= 4 is 64.1 Å². The molecule has 0 aliphatic heterocycles. The van der Waals surface area contributed by atoms with Crippen molar-refractivity contribution in [2.75, 3.05) is 0 Å². The molecular weight excluding hydrogens is 531 g/mol. The molecule has 0 aliphatic rings. The highest BCUT2D eigenvalue weighted by molar-refractivity contribution is 9.10. The highest BCUT2D eigenvalue weighted by atomic mass is 79.9. The number of nitrogens with zero attached hydrogens (tertiary/aromatic N) is 5. The molecule has 0 unspecified atom stereocenters. The summed E-state index contributed by atoms with van der Waals surface area (Å²) in [5.41, 5.74) is 0.611. The van der Waals surface area contributed by atoms with Crippen LogP contribution in [0.3, 0.4) is 0 Å². The first-order valence-corrected chi connectivity index (χ1v) is 11.7. The Morgan fingerprint density at radius 3 is 2.68 bits per heavy atom. The number of thiophene rings is 1. The molecule has 0 aliphatic carbocycles. The number of hydrogen-bond acceptors (Lipinski definition) is 6. The molecule has 0 spiro atoms. The average Bonchev–Trinajstić information content (AvgIpc) is 3.38. The van der Waals surface area contributed by atoms with Gasteiger partial charge in [-0.1, -0.05) is 28.1 Å². The van der Waals surface area contributed by atoms with Crippen LogP contribution in [0.4, 0.5) is 13.2 Å². The van der Waals surface area contributed by atoms with E-state index in [0.717, 1.165) is 32.6 Å². The largest absolute Gasteiger partial charge is 0.486 e. The molecule has 0 N–H and O–H groups in total. The lowest BCUT2D eigenvalue weighted by molar-refractivity contribution is -0.141. The third kappa shape index (κ3) is 3.55. The summed E-state index contributed by atoms with van der Waals surface area (Å²) >= 11 is 4.59. The minimum atomic E-state index is -4.52. The Hall–Kier alpha value is -3.31. The molecule has 0 radical (unpaired) electrons. The normalized spacial score (nSPS) is 12.4. The molecule has 4 heterocycles. The summed E-state index contributed by atoms with van der Waals surface area (Å²) in [4.78, 5) is 13.1. The molecule has 2 aromatic carbocycles. The number of rotatable bonds is 3. The Kier molecular flexibility index (Phi) is 4.75. The molecule has 0 saturated carbocycles. The van der Waals surface area contributed by atoms with Gasteiger partial charge in [0.15, 0.2) is 11.5 Å². The van der Waals surface area contributed by atoms with Gasteiger partial charge in [-0.15, -0.1) is 16.4 Å². The molecule has 0 amide bonds. The Morgan fingerprint density at radius 1 is 1.06 bits per heavy atom. The smallest absolute Gasteiger partial charge is 0.433 e. The van der Waals surface area contributed by atoms with Crippen molar-refractivity contribution in [3.05, 3.63) is 70.3 Å². The van der Waals surface area contributed by atoms with Crippen LogP contribution in [0, 0.1) is 6.92 Å². The first-order valence-electron chi connectivity index (χ1n) is 10.1. The number of halogens is 4. The molecule has 4 aromatic heterocycles. The van der Waals surface area contributed by atoms with Gasteiger partial charge < -0.3 is 4.74 Å². The molecule has 34 heavy (non-hydrogen) atoms. The summed E-state index contributed by atoms with van der Waals surface area (Å²) in [5.74, 6) is 1.11. The fraction of sp³-hybridized carbons (Fsp3) is 0.130. The molecule has 0 bridgehead atoms. The average molecular weight is 544 g/mol. The van der Waals surface area contributed by atoms with E-state index < -0.39 is 11.9 Å². The SMILES string of the molecule is Cc1cc(C(F)(F)F)nc2sc3c(ncn4nc(COc5ccc6cc(Br)ccc6c5)nc34)c12. The van der Waals surface area contributed by atoms with Gasteiger partial charge in [-0.25, -0.2) is 19.5 Å². The lowest BCUT2D eigenvalue weighted by atomic mass is 10.1. The van der Waals surface area contributed by atoms with E-state index in [2.05, 4.69) is 36.0 Å². The van der Waals surface area contributed by atoms with E-state index in [0.29, 0.717) is 38.4 Å². The lowest BCUT2D eigenvalue weighted by Gasteiger charge is -2.06. The van der Waals surface area contributed by atoms with Gasteiger partial charge in [0.2, 0.25) is 0 Å². The topological polar surface area (TPSA) is 65.2 Å². The number of pyridine rings is 1. The number of aromatic nitrogens is 5. The molecule has 0 atom stereocenters. The zero-order valence-electron chi connectivity index (χ0n) is 17.4. The van der Waals surface area contributed by atoms with Crippen LogP contribution in [0.2, 0.25) is 0 Å². The van der Waals surface area contributed by atoms with E-state index in [1.807, 2.05) is 36.4 Å². The zero-order valence-corrected chi connectivity index (χ0v) is 19.8. The number of aryl methyl sites for hydroxylation is 1. The zero-order chi connectivity index (χ0) is 23.6. The predicted molar refractivity (Wildman–Crippen MR) is 127 cm³/mol. The van der Waals surface area contributed by atoms with Crippen LogP contribution < -0.4 is 4.74 Å². The monoisotopic (exact) mass is 543 g/mol. The Labute approximate surface area is 202 Å². The van der Waals surface area contributed by atoms with Crippen molar-refractivity contribution < 1.29 is 17.9 Å². The van der Waals surface area contributed by atoms with Crippen molar-refractivity contribution in [2.24, 2.45) is 0 Å². The molecule has 11 heteroatoms. The maximum atomic E-state index is 13.2. The number of alkyl halides is 3. The van der Waals surface area contributed by atoms with Crippen LogP contribution in [0.25, 0.3) is 36.9 Å². The van der Waals surface area contributed by atoms with Crippen molar-refractivity contribution in [3.63, 3.8) is 0 Å². The van der Waals surface area contributed by atoms with Crippen LogP contribution >= 0.6 is 27.3 Å². The molecule has 6 aromatic rings. The summed E-state index contributed by atoms with van der Waals surface area (Å²) in [6.45, 7) is 1.76. The first-order chi connectivity index (χ1) is 16.3. The van der Waals surface area contributed by atoms with E-state index in [4.69, 9.17) is 4.74 Å². The molecule has 170 valence electrons. The minimum absolute atomic E-state index is 0.131. The van der Waals surface area contributed by atoms with Crippen LogP contribution in [-0.2, 0) is 12.8 Å². The number of hydrogen-bond donors (Lipinski definition) is 0. The van der Waals surface area contributed by atoms with E-state index >= 15 is 0 Å². The van der Waals surface area contributed by atoms with E-state index in [9.17, 15) is 13.2 Å². The standard InChI is InChI=1S/C23H13BrF3N5OS/c1-11-6-16(23(25,26)27)29-22-18(11)19-20(34-22)21-30-17(31-32(21)10-28-19)9-33-15-5-3-12-7-14(24)4-2-13(12)8-15/h2-8,10H,9H2,1H3.